The van der Waals surface area contributed by atoms with Gasteiger partial charge in [-0.05, 0) is 55.9 Å². The number of allylic oxidation sites excluding steroid dienone is 3. The fourth-order valence-electron chi connectivity index (χ4n) is 5.53. The number of hydrogen-bond donors (Lipinski definition) is 2. The summed E-state index contributed by atoms with van der Waals surface area (Å²) < 4.78 is 27.0. The summed E-state index contributed by atoms with van der Waals surface area (Å²) in [5.74, 6) is -3.39. The topological polar surface area (TPSA) is 61.4 Å². The molecule has 1 aliphatic heterocycles. The molecule has 3 fully saturated rings. The Balaban J connectivity index is 1.21. The number of nitrogens with zero attached hydrogens (tertiary/aromatic N) is 1. The van der Waals surface area contributed by atoms with E-state index in [1.165, 1.54) is 18.9 Å². The van der Waals surface area contributed by atoms with Gasteiger partial charge in [-0.3, -0.25) is 14.5 Å². The van der Waals surface area contributed by atoms with Gasteiger partial charge in [-0.1, -0.05) is 26.0 Å². The lowest BCUT2D eigenvalue weighted by Crippen LogP contribution is -2.43. The van der Waals surface area contributed by atoms with Gasteiger partial charge in [0, 0.05) is 36.7 Å². The van der Waals surface area contributed by atoms with E-state index in [1.807, 2.05) is 0 Å². The number of fused-ring (bicyclic) bond motifs is 1. The highest BCUT2D eigenvalue weighted by molar-refractivity contribution is 5.88. The predicted octanol–water partition coefficient (Wildman–Crippen LogP) is 3.09. The van der Waals surface area contributed by atoms with Gasteiger partial charge in [-0.2, -0.15) is 0 Å². The van der Waals surface area contributed by atoms with Crippen molar-refractivity contribution in [3.05, 3.63) is 23.9 Å². The Morgan fingerprint density at radius 2 is 1.97 bits per heavy atom. The molecule has 166 valence electrons. The molecule has 3 aliphatic carbocycles. The molecule has 7 heteroatoms. The van der Waals surface area contributed by atoms with Gasteiger partial charge in [-0.15, -0.1) is 0 Å². The van der Waals surface area contributed by atoms with Crippen LogP contribution in [0.3, 0.4) is 0 Å². The molecule has 0 spiro atoms. The molecule has 1 saturated heterocycles. The Hall–Kier alpha value is -1.76. The van der Waals surface area contributed by atoms with Crippen molar-refractivity contribution in [1.29, 1.82) is 0 Å². The number of rotatable bonds is 8. The van der Waals surface area contributed by atoms with E-state index in [0.717, 1.165) is 26.4 Å². The van der Waals surface area contributed by atoms with Crippen LogP contribution in [0.5, 0.6) is 0 Å². The fraction of sp³-hybridized carbons (Fsp3) is 0.739. The molecule has 0 bridgehead atoms. The number of halogens is 2. The van der Waals surface area contributed by atoms with E-state index in [1.54, 1.807) is 12.2 Å². The zero-order valence-electron chi connectivity index (χ0n) is 18.1. The molecular formula is C23H33F2N3O2. The van der Waals surface area contributed by atoms with E-state index in [9.17, 15) is 18.4 Å². The summed E-state index contributed by atoms with van der Waals surface area (Å²) >= 11 is 0. The number of alkyl halides is 2. The second-order valence-corrected chi connectivity index (χ2v) is 9.97. The van der Waals surface area contributed by atoms with Gasteiger partial charge in [0.25, 0.3) is 5.92 Å². The van der Waals surface area contributed by atoms with E-state index in [2.05, 4.69) is 29.4 Å². The first-order valence-corrected chi connectivity index (χ1v) is 11.2. The number of nitrogens with one attached hydrogen (secondary N) is 2. The Bertz CT molecular complexity index is 757. The molecule has 0 aromatic rings. The molecular weight excluding hydrogens is 388 g/mol. The number of carbonyl (C=O) groups is 2. The molecule has 4 rings (SSSR count). The van der Waals surface area contributed by atoms with E-state index in [4.69, 9.17) is 0 Å². The SMILES string of the molecule is CCC(N1CC2C(C1)C2C(=O)NCC(=O)NC1=CC(C(C)(F)F)CC=C1)C1(C)CC1. The maximum atomic E-state index is 13.5. The lowest BCUT2D eigenvalue weighted by atomic mass is 9.93. The number of amides is 2. The van der Waals surface area contributed by atoms with Crippen LogP contribution in [0.2, 0.25) is 0 Å². The third-order valence-corrected chi connectivity index (χ3v) is 7.62. The second kappa shape index (κ2) is 7.74. The minimum atomic E-state index is -2.83. The summed E-state index contributed by atoms with van der Waals surface area (Å²) in [6.07, 6.45) is 8.67. The second-order valence-electron chi connectivity index (χ2n) is 9.97. The summed E-state index contributed by atoms with van der Waals surface area (Å²) in [5.41, 5.74) is 0.829. The summed E-state index contributed by atoms with van der Waals surface area (Å²) in [6.45, 7) is 7.33. The predicted molar refractivity (Wildman–Crippen MR) is 111 cm³/mol. The number of likely N-dealkylation sites (tertiary alicyclic amines) is 1. The highest BCUT2D eigenvalue weighted by Gasteiger charge is 2.61. The average molecular weight is 422 g/mol. The van der Waals surface area contributed by atoms with Crippen LogP contribution in [0.4, 0.5) is 8.78 Å². The Morgan fingerprint density at radius 1 is 1.30 bits per heavy atom. The number of hydrogen-bond acceptors (Lipinski definition) is 3. The van der Waals surface area contributed by atoms with Crippen LogP contribution >= 0.6 is 0 Å². The Kier molecular flexibility index (Phi) is 5.54. The van der Waals surface area contributed by atoms with Crippen LogP contribution in [0, 0.1) is 29.1 Å². The Labute approximate surface area is 177 Å². The van der Waals surface area contributed by atoms with Crippen molar-refractivity contribution in [2.24, 2.45) is 29.1 Å². The van der Waals surface area contributed by atoms with Crippen molar-refractivity contribution >= 4 is 11.8 Å². The van der Waals surface area contributed by atoms with E-state index in [-0.39, 0.29) is 30.7 Å². The molecule has 4 atom stereocenters. The third kappa shape index (κ3) is 4.32. The first kappa shape index (κ1) is 21.5. The molecule has 5 nitrogen and oxygen atoms in total. The first-order chi connectivity index (χ1) is 14.1. The van der Waals surface area contributed by atoms with Crippen LogP contribution in [-0.2, 0) is 9.59 Å². The van der Waals surface area contributed by atoms with Crippen molar-refractivity contribution in [2.75, 3.05) is 19.6 Å². The summed E-state index contributed by atoms with van der Waals surface area (Å²) in [7, 11) is 0. The first-order valence-electron chi connectivity index (χ1n) is 11.2. The van der Waals surface area contributed by atoms with Gasteiger partial charge in [0.2, 0.25) is 11.8 Å². The van der Waals surface area contributed by atoms with E-state index < -0.39 is 11.8 Å². The van der Waals surface area contributed by atoms with Crippen molar-refractivity contribution < 1.29 is 18.4 Å². The summed E-state index contributed by atoms with van der Waals surface area (Å²) in [5, 5.41) is 5.35. The standard InChI is InChI=1S/C23H33F2N3O2/c1-4-18(22(2)8-9-22)28-12-16-17(13-28)20(16)21(30)26-11-19(29)27-15-7-5-6-14(10-15)23(3,24)25/h5,7,10,14,16-18,20H,4,6,8-9,11-13H2,1-3H3,(H,26,30)(H,27,29). The average Bonchev–Trinajstić information content (AvgIpc) is 3.54. The molecule has 2 saturated carbocycles. The van der Waals surface area contributed by atoms with Gasteiger partial charge in [-0.25, -0.2) is 8.78 Å². The quantitative estimate of drug-likeness (QED) is 0.633. The van der Waals surface area contributed by atoms with Crippen LogP contribution < -0.4 is 10.6 Å². The van der Waals surface area contributed by atoms with Gasteiger partial charge in [0.05, 0.1) is 6.54 Å². The van der Waals surface area contributed by atoms with Gasteiger partial charge < -0.3 is 10.6 Å². The van der Waals surface area contributed by atoms with Crippen molar-refractivity contribution in [1.82, 2.24) is 15.5 Å². The van der Waals surface area contributed by atoms with Gasteiger partial charge in [0.1, 0.15) is 0 Å². The molecule has 4 aliphatic rings. The van der Waals surface area contributed by atoms with Crippen LogP contribution in [0.25, 0.3) is 0 Å². The molecule has 1 heterocycles. The summed E-state index contributed by atoms with van der Waals surface area (Å²) in [6, 6.07) is 0.621. The molecule has 0 aromatic heterocycles. The smallest absolute Gasteiger partial charge is 0.251 e. The van der Waals surface area contributed by atoms with E-state index >= 15 is 0 Å². The maximum Gasteiger partial charge on any atom is 0.251 e. The maximum absolute atomic E-state index is 13.5. The fourth-order valence-corrected chi connectivity index (χ4v) is 5.53. The minimum Gasteiger partial charge on any atom is -0.347 e. The molecule has 2 N–H and O–H groups in total. The molecule has 0 aromatic carbocycles. The van der Waals surface area contributed by atoms with Crippen LogP contribution in [-0.4, -0.2) is 48.3 Å². The number of carbonyl (C=O) groups excluding carboxylic acids is 2. The van der Waals surface area contributed by atoms with Crippen LogP contribution in [0.1, 0.15) is 46.5 Å². The van der Waals surface area contributed by atoms with Crippen molar-refractivity contribution in [3.63, 3.8) is 0 Å². The lowest BCUT2D eigenvalue weighted by molar-refractivity contribution is -0.127. The highest BCUT2D eigenvalue weighted by atomic mass is 19.3. The van der Waals surface area contributed by atoms with E-state index in [0.29, 0.717) is 29.0 Å². The van der Waals surface area contributed by atoms with Crippen LogP contribution in [0.15, 0.2) is 23.9 Å². The third-order valence-electron chi connectivity index (χ3n) is 7.62. The van der Waals surface area contributed by atoms with Crippen molar-refractivity contribution in [2.45, 2.75) is 58.4 Å². The number of piperidine rings is 1. The van der Waals surface area contributed by atoms with Crippen molar-refractivity contribution in [3.8, 4) is 0 Å². The molecule has 4 unspecified atom stereocenters. The molecule has 2 amide bonds. The summed E-state index contributed by atoms with van der Waals surface area (Å²) in [4.78, 5) is 27.3. The minimum absolute atomic E-state index is 0.00974. The molecule has 30 heavy (non-hydrogen) atoms. The monoisotopic (exact) mass is 421 g/mol. The largest absolute Gasteiger partial charge is 0.347 e. The zero-order valence-corrected chi connectivity index (χ0v) is 18.1. The zero-order chi connectivity index (χ0) is 21.7. The highest BCUT2D eigenvalue weighted by Crippen LogP contribution is 2.57. The lowest BCUT2D eigenvalue weighted by Gasteiger charge is -2.33. The molecule has 0 radical (unpaired) electrons. The van der Waals surface area contributed by atoms with Gasteiger partial charge >= 0.3 is 0 Å². The Morgan fingerprint density at radius 3 is 2.53 bits per heavy atom. The van der Waals surface area contributed by atoms with Gasteiger partial charge in [0.15, 0.2) is 0 Å². The normalized spacial score (nSPS) is 32.8.